The van der Waals surface area contributed by atoms with E-state index in [0.29, 0.717) is 11.4 Å². The molecule has 0 bridgehead atoms. The van der Waals surface area contributed by atoms with Crippen LogP contribution in [0.5, 0.6) is 5.75 Å². The van der Waals surface area contributed by atoms with Gasteiger partial charge in [0.05, 0.1) is 20.1 Å². The molecule has 35 heavy (non-hydrogen) atoms. The van der Waals surface area contributed by atoms with Crippen LogP contribution in [0.2, 0.25) is 0 Å². The number of aromatic nitrogens is 1. The van der Waals surface area contributed by atoms with Crippen molar-refractivity contribution < 1.29 is 19.1 Å². The minimum absolute atomic E-state index is 0.102. The lowest BCUT2D eigenvalue weighted by Crippen LogP contribution is -2.49. The number of benzene rings is 2. The smallest absolute Gasteiger partial charge is 0.288 e. The van der Waals surface area contributed by atoms with Crippen LogP contribution in [0.1, 0.15) is 22.5 Å². The van der Waals surface area contributed by atoms with Crippen LogP contribution in [0.15, 0.2) is 79.0 Å². The van der Waals surface area contributed by atoms with Crippen molar-refractivity contribution in [2.24, 2.45) is 0 Å². The number of hydrogen-bond donors (Lipinski definition) is 2. The van der Waals surface area contributed by atoms with Crippen LogP contribution in [0.25, 0.3) is 0 Å². The highest BCUT2D eigenvalue weighted by Crippen LogP contribution is 2.23. The molecular formula is C25H23N5O4S. The van der Waals surface area contributed by atoms with Gasteiger partial charge in [0, 0.05) is 11.9 Å². The van der Waals surface area contributed by atoms with E-state index in [1.54, 1.807) is 49.6 Å². The minimum Gasteiger partial charge on any atom is -0.497 e. The third-order valence-corrected chi connectivity index (χ3v) is 5.77. The second kappa shape index (κ2) is 10.7. The number of pyridine rings is 1. The van der Waals surface area contributed by atoms with Crippen molar-refractivity contribution in [1.29, 1.82) is 0 Å². The Labute approximate surface area is 207 Å². The number of anilines is 1. The first-order chi connectivity index (χ1) is 17.0. The molecule has 0 saturated carbocycles. The molecule has 1 fully saturated rings. The molecule has 2 heterocycles. The number of rotatable bonds is 8. The summed E-state index contributed by atoms with van der Waals surface area (Å²) < 4.78 is 5.13. The number of hydrogen-bond acceptors (Lipinski definition) is 6. The molecule has 9 nitrogen and oxygen atoms in total. The number of nitrogens with zero attached hydrogens (tertiary/aromatic N) is 3. The summed E-state index contributed by atoms with van der Waals surface area (Å²) in [5.41, 5.74) is 4.23. The Kier molecular flexibility index (Phi) is 7.32. The average molecular weight is 490 g/mol. The standard InChI is InChI=1S/C25H23N5O4S/c1-34-19-12-10-18(11-13-19)27-22(31)15-21-24(33)29(16-17-7-3-2-4-8-17)25(35)30(21)28-23(32)20-9-5-6-14-26-20/h2-14,21H,15-16H2,1H3,(H,27,31)(H,28,32). The Morgan fingerprint density at radius 3 is 2.40 bits per heavy atom. The predicted molar refractivity (Wildman–Crippen MR) is 133 cm³/mol. The molecule has 3 amide bonds. The number of amides is 3. The van der Waals surface area contributed by atoms with Gasteiger partial charge in [-0.2, -0.15) is 0 Å². The summed E-state index contributed by atoms with van der Waals surface area (Å²) in [6, 6.07) is 20.1. The molecule has 1 aliphatic rings. The van der Waals surface area contributed by atoms with Gasteiger partial charge in [-0.1, -0.05) is 36.4 Å². The molecule has 0 spiro atoms. The largest absolute Gasteiger partial charge is 0.497 e. The topological polar surface area (TPSA) is 104 Å². The van der Waals surface area contributed by atoms with Crippen LogP contribution < -0.4 is 15.5 Å². The minimum atomic E-state index is -1.02. The normalized spacial score (nSPS) is 15.2. The van der Waals surface area contributed by atoms with Crippen molar-refractivity contribution in [2.75, 3.05) is 12.4 Å². The van der Waals surface area contributed by atoms with Crippen LogP contribution in [-0.2, 0) is 16.1 Å². The maximum atomic E-state index is 13.4. The molecule has 2 aromatic carbocycles. The van der Waals surface area contributed by atoms with Gasteiger partial charge in [0.2, 0.25) is 5.91 Å². The Balaban J connectivity index is 1.53. The number of thiocarbonyl (C=S) groups is 1. The molecule has 2 N–H and O–H groups in total. The summed E-state index contributed by atoms with van der Waals surface area (Å²) in [6.07, 6.45) is 1.27. The molecule has 178 valence electrons. The van der Waals surface area contributed by atoms with Crippen LogP contribution in [0.3, 0.4) is 0 Å². The van der Waals surface area contributed by atoms with Crippen molar-refractivity contribution in [2.45, 2.75) is 19.0 Å². The van der Waals surface area contributed by atoms with Crippen molar-refractivity contribution in [1.82, 2.24) is 20.3 Å². The summed E-state index contributed by atoms with van der Waals surface area (Å²) >= 11 is 5.54. The monoisotopic (exact) mass is 489 g/mol. The highest BCUT2D eigenvalue weighted by molar-refractivity contribution is 7.80. The van der Waals surface area contributed by atoms with E-state index in [4.69, 9.17) is 17.0 Å². The quantitative estimate of drug-likeness (QED) is 0.469. The van der Waals surface area contributed by atoms with E-state index in [0.717, 1.165) is 5.56 Å². The van der Waals surface area contributed by atoms with E-state index in [2.05, 4.69) is 15.7 Å². The van der Waals surface area contributed by atoms with Gasteiger partial charge in [-0.15, -0.1) is 0 Å². The van der Waals surface area contributed by atoms with E-state index >= 15 is 0 Å². The van der Waals surface area contributed by atoms with Crippen LogP contribution in [0.4, 0.5) is 5.69 Å². The van der Waals surface area contributed by atoms with Crippen molar-refractivity contribution in [3.05, 3.63) is 90.3 Å². The van der Waals surface area contributed by atoms with E-state index in [-0.39, 0.29) is 29.7 Å². The zero-order valence-electron chi connectivity index (χ0n) is 18.9. The van der Waals surface area contributed by atoms with E-state index in [9.17, 15) is 14.4 Å². The Morgan fingerprint density at radius 2 is 1.74 bits per heavy atom. The fraction of sp³-hybridized carbons (Fsp3) is 0.160. The third-order valence-electron chi connectivity index (χ3n) is 5.36. The molecule has 4 rings (SSSR count). The Hall–Kier alpha value is -4.31. The summed E-state index contributed by atoms with van der Waals surface area (Å²) in [5.74, 6) is -0.679. The molecular weight excluding hydrogens is 466 g/mol. The molecule has 0 radical (unpaired) electrons. The summed E-state index contributed by atoms with van der Waals surface area (Å²) in [6.45, 7) is 0.213. The fourth-order valence-electron chi connectivity index (χ4n) is 3.59. The summed E-state index contributed by atoms with van der Waals surface area (Å²) in [5, 5.41) is 4.14. The lowest BCUT2D eigenvalue weighted by molar-refractivity contribution is -0.131. The average Bonchev–Trinajstić information content (AvgIpc) is 3.09. The number of hydrazine groups is 1. The molecule has 0 aliphatic carbocycles. The number of methoxy groups -OCH3 is 1. The second-order valence-corrected chi connectivity index (χ2v) is 8.08. The Morgan fingerprint density at radius 1 is 1.03 bits per heavy atom. The highest BCUT2D eigenvalue weighted by Gasteiger charge is 2.44. The van der Waals surface area contributed by atoms with Crippen LogP contribution >= 0.6 is 12.2 Å². The van der Waals surface area contributed by atoms with Gasteiger partial charge < -0.3 is 10.1 Å². The van der Waals surface area contributed by atoms with Crippen LogP contribution in [0, 0.1) is 0 Å². The zero-order chi connectivity index (χ0) is 24.8. The summed E-state index contributed by atoms with van der Waals surface area (Å²) in [7, 11) is 1.55. The van der Waals surface area contributed by atoms with Crippen molar-refractivity contribution in [3.8, 4) is 5.75 Å². The van der Waals surface area contributed by atoms with Gasteiger partial charge in [0.15, 0.2) is 5.11 Å². The molecule has 1 aromatic heterocycles. The number of carbonyl (C=O) groups excluding carboxylic acids is 3. The van der Waals surface area contributed by atoms with Gasteiger partial charge in [-0.3, -0.25) is 29.7 Å². The maximum Gasteiger partial charge on any atom is 0.288 e. The van der Waals surface area contributed by atoms with E-state index in [1.807, 2.05) is 30.3 Å². The third kappa shape index (κ3) is 5.61. The number of ether oxygens (including phenoxy) is 1. The number of nitrogens with one attached hydrogen (secondary N) is 2. The van der Waals surface area contributed by atoms with E-state index < -0.39 is 17.9 Å². The zero-order valence-corrected chi connectivity index (χ0v) is 19.7. The first-order valence-corrected chi connectivity index (χ1v) is 11.2. The molecule has 10 heteroatoms. The number of carbonyl (C=O) groups is 3. The fourth-order valence-corrected chi connectivity index (χ4v) is 3.92. The highest BCUT2D eigenvalue weighted by atomic mass is 32.1. The molecule has 1 unspecified atom stereocenters. The van der Waals surface area contributed by atoms with Gasteiger partial charge in [-0.05, 0) is 54.2 Å². The van der Waals surface area contributed by atoms with Crippen molar-refractivity contribution in [3.63, 3.8) is 0 Å². The van der Waals surface area contributed by atoms with Gasteiger partial charge in [-0.25, -0.2) is 5.01 Å². The lowest BCUT2D eigenvalue weighted by Gasteiger charge is -2.24. The second-order valence-electron chi connectivity index (χ2n) is 7.72. The van der Waals surface area contributed by atoms with Gasteiger partial charge >= 0.3 is 0 Å². The molecule has 1 saturated heterocycles. The predicted octanol–water partition coefficient (Wildman–Crippen LogP) is 2.76. The first-order valence-electron chi connectivity index (χ1n) is 10.8. The SMILES string of the molecule is COc1ccc(NC(=O)CC2C(=O)N(Cc3ccccc3)C(=S)N2NC(=O)c2ccccn2)cc1. The maximum absolute atomic E-state index is 13.4. The summed E-state index contributed by atoms with van der Waals surface area (Å²) in [4.78, 5) is 44.4. The Bertz CT molecular complexity index is 1220. The molecule has 1 atom stereocenters. The van der Waals surface area contributed by atoms with Crippen LogP contribution in [-0.4, -0.2) is 50.9 Å². The molecule has 3 aromatic rings. The van der Waals surface area contributed by atoms with Gasteiger partial charge in [0.1, 0.15) is 17.5 Å². The van der Waals surface area contributed by atoms with E-state index in [1.165, 1.54) is 16.1 Å². The molecule has 1 aliphatic heterocycles. The first kappa shape index (κ1) is 23.8. The lowest BCUT2D eigenvalue weighted by atomic mass is 10.1. The van der Waals surface area contributed by atoms with Crippen molar-refractivity contribution >= 4 is 40.7 Å². The van der Waals surface area contributed by atoms with Gasteiger partial charge in [0.25, 0.3) is 11.8 Å².